The molecule has 0 unspecified atom stereocenters. The number of rotatable bonds is 6. The van der Waals surface area contributed by atoms with Crippen LogP contribution in [0.1, 0.15) is 24.0 Å². The Kier molecular flexibility index (Phi) is 7.41. The monoisotopic (exact) mass is 468 g/mol. The number of ether oxygens (including phenoxy) is 2. The Morgan fingerprint density at radius 1 is 1.03 bits per heavy atom. The maximum atomic E-state index is 14.2. The summed E-state index contributed by atoms with van der Waals surface area (Å²) in [4.78, 5) is 4.84. The van der Waals surface area contributed by atoms with E-state index in [1.54, 1.807) is 13.2 Å². The normalized spacial score (nSPS) is 17.4. The summed E-state index contributed by atoms with van der Waals surface area (Å²) in [7, 11) is 1.69. The Morgan fingerprint density at radius 2 is 1.85 bits per heavy atom. The Morgan fingerprint density at radius 3 is 2.67 bits per heavy atom. The van der Waals surface area contributed by atoms with Gasteiger partial charge in [0.1, 0.15) is 23.9 Å². The molecule has 0 radical (unpaired) electrons. The van der Waals surface area contributed by atoms with Gasteiger partial charge >= 0.3 is 0 Å². The summed E-state index contributed by atoms with van der Waals surface area (Å²) in [6.07, 6.45) is 3.34. The van der Waals surface area contributed by atoms with Crippen molar-refractivity contribution in [3.8, 4) is 11.5 Å². The van der Waals surface area contributed by atoms with Crippen molar-refractivity contribution in [2.24, 2.45) is 0 Å². The molecule has 6 heteroatoms. The van der Waals surface area contributed by atoms with Crippen LogP contribution in [-0.2, 0) is 13.0 Å². The minimum absolute atomic E-state index is 0. The lowest BCUT2D eigenvalue weighted by Gasteiger charge is -2.32. The molecular weight excluding hydrogens is 439 g/mol. The molecule has 1 atom stereocenters. The minimum Gasteiger partial charge on any atom is -0.497 e. The number of nitrogens with zero attached hydrogens (tertiary/aromatic N) is 2. The second kappa shape index (κ2) is 10.4. The highest BCUT2D eigenvalue weighted by atomic mass is 35.5. The molecule has 4 nitrogen and oxygen atoms in total. The quantitative estimate of drug-likeness (QED) is 0.443. The number of para-hydroxylation sites is 2. The Bertz CT molecular complexity index is 1080. The topological polar surface area (TPSA) is 24.9 Å². The van der Waals surface area contributed by atoms with Gasteiger partial charge in [-0.15, -0.1) is 12.4 Å². The lowest BCUT2D eigenvalue weighted by Crippen LogP contribution is -2.39. The van der Waals surface area contributed by atoms with E-state index < -0.39 is 0 Å². The smallest absolute Gasteiger partial charge is 0.143 e. The highest BCUT2D eigenvalue weighted by molar-refractivity contribution is 5.85. The maximum Gasteiger partial charge on any atom is 0.143 e. The number of hydrogen-bond donors (Lipinski definition) is 0. The maximum absolute atomic E-state index is 14.2. The van der Waals surface area contributed by atoms with Crippen LogP contribution in [0, 0.1) is 5.82 Å². The lowest BCUT2D eigenvalue weighted by molar-refractivity contribution is 0.261. The minimum atomic E-state index is -0.212. The van der Waals surface area contributed by atoms with E-state index in [1.807, 2.05) is 36.4 Å². The van der Waals surface area contributed by atoms with Crippen molar-refractivity contribution in [2.45, 2.75) is 31.9 Å². The summed E-state index contributed by atoms with van der Waals surface area (Å²) >= 11 is 0. The molecule has 0 N–H and O–H groups in total. The average molecular weight is 469 g/mol. The molecule has 1 fully saturated rings. The van der Waals surface area contributed by atoms with Crippen molar-refractivity contribution >= 4 is 23.8 Å². The van der Waals surface area contributed by atoms with Crippen molar-refractivity contribution in [3.63, 3.8) is 0 Å². The van der Waals surface area contributed by atoms with Gasteiger partial charge in [0.05, 0.1) is 18.5 Å². The zero-order chi connectivity index (χ0) is 21.9. The third kappa shape index (κ3) is 5.10. The second-order valence-electron chi connectivity index (χ2n) is 8.57. The first-order chi connectivity index (χ1) is 15.7. The van der Waals surface area contributed by atoms with E-state index in [9.17, 15) is 4.39 Å². The summed E-state index contributed by atoms with van der Waals surface area (Å²) in [6, 6.07) is 21.9. The molecule has 0 saturated carbocycles. The van der Waals surface area contributed by atoms with Crippen molar-refractivity contribution in [2.75, 3.05) is 31.6 Å². The molecular formula is C27H30ClFN2O2. The molecule has 174 valence electrons. The van der Waals surface area contributed by atoms with Crippen LogP contribution in [-0.4, -0.2) is 37.7 Å². The Hall–Kier alpha value is -2.76. The van der Waals surface area contributed by atoms with E-state index in [2.05, 4.69) is 28.0 Å². The van der Waals surface area contributed by atoms with Crippen molar-refractivity contribution < 1.29 is 13.9 Å². The van der Waals surface area contributed by atoms with Gasteiger partial charge in [0.25, 0.3) is 0 Å². The zero-order valence-electron chi connectivity index (χ0n) is 18.9. The van der Waals surface area contributed by atoms with Crippen LogP contribution in [0.2, 0.25) is 0 Å². The average Bonchev–Trinajstić information content (AvgIpc) is 3.21. The van der Waals surface area contributed by atoms with Crippen LogP contribution in [0.25, 0.3) is 0 Å². The van der Waals surface area contributed by atoms with Gasteiger partial charge in [-0.1, -0.05) is 30.3 Å². The van der Waals surface area contributed by atoms with E-state index in [1.165, 1.54) is 18.1 Å². The van der Waals surface area contributed by atoms with Crippen LogP contribution in [0.4, 0.5) is 15.8 Å². The van der Waals surface area contributed by atoms with Gasteiger partial charge in [-0.25, -0.2) is 4.39 Å². The zero-order valence-corrected chi connectivity index (χ0v) is 19.7. The Balaban J connectivity index is 0.00000259. The van der Waals surface area contributed by atoms with Crippen LogP contribution in [0.5, 0.6) is 11.5 Å². The van der Waals surface area contributed by atoms with Crippen LogP contribution in [0.3, 0.4) is 0 Å². The number of likely N-dealkylation sites (tertiary alicyclic amines) is 1. The van der Waals surface area contributed by atoms with Gasteiger partial charge in [-0.05, 0) is 67.8 Å². The van der Waals surface area contributed by atoms with E-state index in [0.717, 1.165) is 60.9 Å². The third-order valence-electron chi connectivity index (χ3n) is 6.62. The van der Waals surface area contributed by atoms with Crippen LogP contribution < -0.4 is 14.4 Å². The van der Waals surface area contributed by atoms with Gasteiger partial charge in [-0.3, -0.25) is 4.90 Å². The largest absolute Gasteiger partial charge is 0.497 e. The van der Waals surface area contributed by atoms with E-state index >= 15 is 0 Å². The molecule has 3 aromatic rings. The molecule has 0 aliphatic carbocycles. The second-order valence-corrected chi connectivity index (χ2v) is 8.57. The van der Waals surface area contributed by atoms with Crippen molar-refractivity contribution in [1.82, 2.24) is 4.90 Å². The third-order valence-corrected chi connectivity index (χ3v) is 6.62. The molecule has 2 aliphatic rings. The van der Waals surface area contributed by atoms with E-state index in [-0.39, 0.29) is 18.2 Å². The first kappa shape index (κ1) is 23.4. The first-order valence-corrected chi connectivity index (χ1v) is 11.4. The summed E-state index contributed by atoms with van der Waals surface area (Å²) in [5.74, 6) is 1.53. The molecule has 1 saturated heterocycles. The number of benzene rings is 3. The molecule has 2 aliphatic heterocycles. The van der Waals surface area contributed by atoms with E-state index in [4.69, 9.17) is 9.47 Å². The highest BCUT2D eigenvalue weighted by Crippen LogP contribution is 2.40. The number of methoxy groups -OCH3 is 1. The summed E-state index contributed by atoms with van der Waals surface area (Å²) in [5.41, 5.74) is 4.26. The van der Waals surface area contributed by atoms with E-state index in [0.29, 0.717) is 12.6 Å². The van der Waals surface area contributed by atoms with Crippen LogP contribution in [0.15, 0.2) is 66.7 Å². The lowest BCUT2D eigenvalue weighted by atomic mass is 10.1. The van der Waals surface area contributed by atoms with Crippen LogP contribution >= 0.6 is 12.4 Å². The van der Waals surface area contributed by atoms with Crippen molar-refractivity contribution in [3.05, 3.63) is 83.7 Å². The van der Waals surface area contributed by atoms with Gasteiger partial charge in [0, 0.05) is 24.7 Å². The molecule has 3 aromatic carbocycles. The SMILES string of the molecule is COc1ccc(CCN2CCC[C@@H]2CN2c3cc(F)ccc3COc3ccccc32)cc1.Cl. The van der Waals surface area contributed by atoms with Crippen molar-refractivity contribution in [1.29, 1.82) is 0 Å². The first-order valence-electron chi connectivity index (χ1n) is 11.4. The van der Waals surface area contributed by atoms with Gasteiger partial charge in [0.15, 0.2) is 0 Å². The molecule has 0 spiro atoms. The van der Waals surface area contributed by atoms with Gasteiger partial charge in [-0.2, -0.15) is 0 Å². The predicted octanol–water partition coefficient (Wildman–Crippen LogP) is 5.99. The molecule has 0 aromatic heterocycles. The molecule has 5 rings (SSSR count). The number of fused-ring (bicyclic) bond motifs is 2. The van der Waals surface area contributed by atoms with Gasteiger partial charge in [0.2, 0.25) is 0 Å². The fourth-order valence-electron chi connectivity index (χ4n) is 4.87. The summed E-state index contributed by atoms with van der Waals surface area (Å²) in [6.45, 7) is 3.39. The standard InChI is InChI=1S/C27H29FN2O2.ClH/c1-31-24-12-8-20(9-13-24)14-16-29-15-4-5-23(29)18-30-25-6-2-3-7-27(25)32-19-21-10-11-22(28)17-26(21)30;/h2-3,6-13,17,23H,4-5,14-16,18-19H2,1H3;1H/t23-;/m1./s1. The molecule has 2 heterocycles. The summed E-state index contributed by atoms with van der Waals surface area (Å²) in [5, 5.41) is 0. The van der Waals surface area contributed by atoms with Gasteiger partial charge < -0.3 is 14.4 Å². The number of halogens is 2. The Labute approximate surface area is 201 Å². The fraction of sp³-hybridized carbons (Fsp3) is 0.333. The number of anilines is 2. The highest BCUT2D eigenvalue weighted by Gasteiger charge is 2.30. The fourth-order valence-corrected chi connectivity index (χ4v) is 4.87. The predicted molar refractivity (Wildman–Crippen MR) is 133 cm³/mol. The summed E-state index contributed by atoms with van der Waals surface area (Å²) < 4.78 is 25.6. The molecule has 33 heavy (non-hydrogen) atoms. The number of hydrogen-bond acceptors (Lipinski definition) is 4. The molecule has 0 amide bonds. The molecule has 0 bridgehead atoms.